The third kappa shape index (κ3) is 7.01. The van der Waals surface area contributed by atoms with Crippen LogP contribution in [0.3, 0.4) is 0 Å². The van der Waals surface area contributed by atoms with E-state index in [2.05, 4.69) is 16.9 Å². The van der Waals surface area contributed by atoms with Crippen molar-refractivity contribution in [2.75, 3.05) is 24.6 Å². The monoisotopic (exact) mass is 485 g/mol. The Morgan fingerprint density at radius 2 is 2.09 bits per heavy atom. The molecule has 1 saturated heterocycles. The fraction of sp³-hybridized carbons (Fsp3) is 0.455. The zero-order valence-electron chi connectivity index (χ0n) is 18.5. The number of aromatic amines is 1. The smallest absolute Gasteiger partial charge is 0.422 e. The average molecular weight is 486 g/mol. The van der Waals surface area contributed by atoms with Crippen molar-refractivity contribution in [3.8, 4) is 5.75 Å². The van der Waals surface area contributed by atoms with Crippen molar-refractivity contribution < 1.29 is 27.4 Å². The number of hydrogen-bond donors (Lipinski definition) is 2. The molecule has 0 aliphatic carbocycles. The molecule has 33 heavy (non-hydrogen) atoms. The largest absolute Gasteiger partial charge is 0.482 e. The van der Waals surface area contributed by atoms with Crippen molar-refractivity contribution in [2.45, 2.75) is 45.0 Å². The number of halogens is 3. The minimum Gasteiger partial charge on any atom is -0.482 e. The van der Waals surface area contributed by atoms with E-state index in [4.69, 9.17) is 9.47 Å². The van der Waals surface area contributed by atoms with Crippen molar-refractivity contribution in [1.29, 1.82) is 0 Å². The highest BCUT2D eigenvalue weighted by atomic mass is 32.1. The Hall–Kier alpha value is -2.95. The summed E-state index contributed by atoms with van der Waals surface area (Å²) < 4.78 is 49.8. The zero-order valence-corrected chi connectivity index (χ0v) is 19.4. The topological polar surface area (TPSA) is 83.7 Å². The fourth-order valence-electron chi connectivity index (χ4n) is 3.45. The summed E-state index contributed by atoms with van der Waals surface area (Å²) in [4.78, 5) is 28.7. The van der Waals surface area contributed by atoms with Crippen molar-refractivity contribution in [1.82, 2.24) is 10.3 Å². The second-order valence-electron chi connectivity index (χ2n) is 8.66. The molecule has 11 heteroatoms. The molecule has 1 fully saturated rings. The summed E-state index contributed by atoms with van der Waals surface area (Å²) in [6.07, 6.45) is -2.90. The molecule has 1 aliphatic heterocycles. The molecule has 1 aliphatic rings. The first-order valence-electron chi connectivity index (χ1n) is 10.3. The lowest BCUT2D eigenvalue weighted by atomic mass is 10.1. The number of ether oxygens (including phenoxy) is 2. The molecule has 0 unspecified atom stereocenters. The van der Waals surface area contributed by atoms with Gasteiger partial charge >= 0.3 is 12.3 Å². The zero-order chi connectivity index (χ0) is 24.4. The SMILES string of the molecule is C=c1[nH]c(=O)/c(=C/c2cccc(OCC(F)(F)F)c2N2CC[C@H](NC(=O)OC(C)(C)C)C2)s1. The van der Waals surface area contributed by atoms with Gasteiger partial charge in [0.2, 0.25) is 0 Å². The van der Waals surface area contributed by atoms with Crippen LogP contribution < -0.4 is 29.7 Å². The summed E-state index contributed by atoms with van der Waals surface area (Å²) in [7, 11) is 0. The van der Waals surface area contributed by atoms with Gasteiger partial charge in [-0.2, -0.15) is 13.2 Å². The molecule has 2 aromatic rings. The van der Waals surface area contributed by atoms with Crippen LogP contribution in [0.4, 0.5) is 23.7 Å². The first-order valence-corrected chi connectivity index (χ1v) is 11.1. The number of para-hydroxylation sites is 1. The van der Waals surface area contributed by atoms with Crippen molar-refractivity contribution in [2.24, 2.45) is 0 Å². The number of H-pyrrole nitrogens is 1. The first-order chi connectivity index (χ1) is 15.3. The van der Waals surface area contributed by atoms with E-state index in [-0.39, 0.29) is 17.4 Å². The number of alkyl halides is 3. The summed E-state index contributed by atoms with van der Waals surface area (Å²) in [5.41, 5.74) is -0.0272. The van der Waals surface area contributed by atoms with Gasteiger partial charge in [0, 0.05) is 18.7 Å². The summed E-state index contributed by atoms with van der Waals surface area (Å²) in [6, 6.07) is 4.46. The fourth-order valence-corrected chi connectivity index (χ4v) is 4.19. The van der Waals surface area contributed by atoms with E-state index >= 15 is 0 Å². The van der Waals surface area contributed by atoms with E-state index in [1.165, 1.54) is 6.07 Å². The number of rotatable bonds is 5. The van der Waals surface area contributed by atoms with E-state index in [1.54, 1.807) is 39.0 Å². The van der Waals surface area contributed by atoms with Gasteiger partial charge in [-0.25, -0.2) is 4.79 Å². The molecule has 0 radical (unpaired) electrons. The second-order valence-corrected chi connectivity index (χ2v) is 9.80. The highest BCUT2D eigenvalue weighted by Gasteiger charge is 2.32. The highest BCUT2D eigenvalue weighted by Crippen LogP contribution is 2.36. The molecule has 3 rings (SSSR count). The molecular formula is C22H26F3N3O4S. The maximum atomic E-state index is 12.8. The predicted octanol–water partition coefficient (Wildman–Crippen LogP) is 2.72. The standard InChI is InChI=1S/C22H26F3N3O4S/c1-13-26-19(29)17(33-13)10-14-6-5-7-16(31-12-22(23,24)25)18(14)28-9-8-15(11-28)27-20(30)32-21(2,3)4/h5-7,10,15H,1,8-9,11-12H2,2-4H3,(H,26,29)(H,27,30)/b17-10-/t15-/m0/s1. The lowest BCUT2D eigenvalue weighted by molar-refractivity contribution is -0.153. The summed E-state index contributed by atoms with van der Waals surface area (Å²) in [5.74, 6) is 0.0434. The number of aromatic nitrogens is 1. The van der Waals surface area contributed by atoms with Crippen LogP contribution >= 0.6 is 11.3 Å². The van der Waals surface area contributed by atoms with E-state index in [0.29, 0.717) is 40.0 Å². The minimum atomic E-state index is -4.50. The van der Waals surface area contributed by atoms with Gasteiger partial charge in [-0.15, -0.1) is 11.3 Å². The summed E-state index contributed by atoms with van der Waals surface area (Å²) in [6.45, 7) is 8.35. The lowest BCUT2D eigenvalue weighted by Gasteiger charge is -2.25. The van der Waals surface area contributed by atoms with E-state index in [1.807, 2.05) is 4.90 Å². The second kappa shape index (κ2) is 9.50. The van der Waals surface area contributed by atoms with Crippen LogP contribution in [-0.4, -0.2) is 48.6 Å². The Kier molecular flexibility index (Phi) is 7.11. The molecule has 180 valence electrons. The molecule has 7 nitrogen and oxygen atoms in total. The Balaban J connectivity index is 1.92. The number of benzene rings is 1. The molecule has 1 atom stereocenters. The number of amides is 1. The highest BCUT2D eigenvalue weighted by molar-refractivity contribution is 7.07. The van der Waals surface area contributed by atoms with Crippen LogP contribution in [0.25, 0.3) is 12.7 Å². The average Bonchev–Trinajstić information content (AvgIpc) is 3.23. The van der Waals surface area contributed by atoms with Crippen LogP contribution in [0.1, 0.15) is 32.8 Å². The van der Waals surface area contributed by atoms with Gasteiger partial charge in [0.1, 0.15) is 11.4 Å². The molecule has 0 spiro atoms. The molecule has 1 aromatic carbocycles. The van der Waals surface area contributed by atoms with Crippen molar-refractivity contribution in [3.63, 3.8) is 0 Å². The van der Waals surface area contributed by atoms with E-state index in [0.717, 1.165) is 11.3 Å². The molecule has 1 amide bonds. The number of nitrogens with one attached hydrogen (secondary N) is 2. The normalized spacial score (nSPS) is 17.3. The number of thiazole rings is 1. The molecule has 1 aromatic heterocycles. The third-order valence-electron chi connectivity index (χ3n) is 4.64. The molecule has 0 bridgehead atoms. The van der Waals surface area contributed by atoms with Crippen LogP contribution in [0, 0.1) is 0 Å². The van der Waals surface area contributed by atoms with Crippen LogP contribution in [-0.2, 0) is 4.74 Å². The number of hydrogen-bond acceptors (Lipinski definition) is 6. The molecule has 2 heterocycles. The summed E-state index contributed by atoms with van der Waals surface area (Å²) >= 11 is 1.15. The van der Waals surface area contributed by atoms with Crippen molar-refractivity contribution in [3.05, 3.63) is 43.3 Å². The van der Waals surface area contributed by atoms with E-state index in [9.17, 15) is 22.8 Å². The van der Waals surface area contributed by atoms with Gasteiger partial charge in [0.05, 0.1) is 20.9 Å². The molecule has 0 saturated carbocycles. The predicted molar refractivity (Wildman–Crippen MR) is 121 cm³/mol. The number of alkyl carbamates (subject to hydrolysis) is 1. The quantitative estimate of drug-likeness (QED) is 0.681. The summed E-state index contributed by atoms with van der Waals surface area (Å²) in [5, 5.41) is 2.80. The number of carbonyl (C=O) groups excluding carboxylic acids is 1. The Morgan fingerprint density at radius 3 is 2.70 bits per heavy atom. The Labute approximate surface area is 192 Å². The third-order valence-corrected chi connectivity index (χ3v) is 5.52. The molecular weight excluding hydrogens is 459 g/mol. The maximum absolute atomic E-state index is 12.8. The van der Waals surface area contributed by atoms with Crippen LogP contribution in [0.2, 0.25) is 0 Å². The van der Waals surface area contributed by atoms with Gasteiger partial charge in [-0.05, 0) is 39.3 Å². The van der Waals surface area contributed by atoms with Gasteiger partial charge in [0.25, 0.3) is 5.56 Å². The van der Waals surface area contributed by atoms with Gasteiger partial charge < -0.3 is 24.7 Å². The number of nitrogens with zero attached hydrogens (tertiary/aromatic N) is 1. The lowest BCUT2D eigenvalue weighted by Crippen LogP contribution is -2.40. The molecule has 2 N–H and O–H groups in total. The van der Waals surface area contributed by atoms with Crippen LogP contribution in [0.5, 0.6) is 5.75 Å². The number of carbonyl (C=O) groups is 1. The van der Waals surface area contributed by atoms with Gasteiger partial charge in [-0.3, -0.25) is 4.79 Å². The Morgan fingerprint density at radius 1 is 1.36 bits per heavy atom. The minimum absolute atomic E-state index is 0.0434. The van der Waals surface area contributed by atoms with E-state index < -0.39 is 24.5 Å². The van der Waals surface area contributed by atoms with Gasteiger partial charge in [-0.1, -0.05) is 18.7 Å². The number of anilines is 1. The maximum Gasteiger partial charge on any atom is 0.422 e. The Bertz CT molecular complexity index is 1170. The first kappa shape index (κ1) is 24.7. The van der Waals surface area contributed by atoms with Crippen molar-refractivity contribution >= 4 is 35.8 Å². The van der Waals surface area contributed by atoms with Gasteiger partial charge in [0.15, 0.2) is 6.61 Å². The van der Waals surface area contributed by atoms with Crippen LogP contribution in [0.15, 0.2) is 23.0 Å².